The van der Waals surface area contributed by atoms with Gasteiger partial charge in [0.2, 0.25) is 18.0 Å². The van der Waals surface area contributed by atoms with Gasteiger partial charge in [-0.25, -0.2) is 9.97 Å². The first-order valence-corrected chi connectivity index (χ1v) is 6.44. The summed E-state index contributed by atoms with van der Waals surface area (Å²) in [7, 11) is 0. The minimum absolute atomic E-state index is 0.164. The standard InChI is InChI=1S/C11H15N7O3/c1-2-4-12-10-9(18(19)20)11(15-6-14-10)13-5-3-8-16-7-21-17-8/h6-7H,2-5H2,1H3,(H2,12,13,14,15). The van der Waals surface area contributed by atoms with E-state index in [1.54, 1.807) is 0 Å². The molecule has 0 bridgehead atoms. The number of aromatic nitrogens is 4. The summed E-state index contributed by atoms with van der Waals surface area (Å²) in [5, 5.41) is 20.7. The lowest BCUT2D eigenvalue weighted by Crippen LogP contribution is -2.12. The average molecular weight is 293 g/mol. The highest BCUT2D eigenvalue weighted by molar-refractivity contribution is 5.69. The second-order valence-electron chi connectivity index (χ2n) is 4.13. The first-order valence-electron chi connectivity index (χ1n) is 6.44. The van der Waals surface area contributed by atoms with E-state index < -0.39 is 4.92 Å². The van der Waals surface area contributed by atoms with E-state index in [2.05, 4.69) is 35.3 Å². The molecule has 2 aromatic rings. The summed E-state index contributed by atoms with van der Waals surface area (Å²) in [5.74, 6) is 0.888. The molecule has 2 aromatic heterocycles. The van der Waals surface area contributed by atoms with Gasteiger partial charge in [-0.1, -0.05) is 12.1 Å². The fourth-order valence-electron chi connectivity index (χ4n) is 1.65. The molecule has 0 aliphatic rings. The van der Waals surface area contributed by atoms with E-state index in [4.69, 9.17) is 0 Å². The maximum absolute atomic E-state index is 11.2. The highest BCUT2D eigenvalue weighted by Gasteiger charge is 2.22. The van der Waals surface area contributed by atoms with Crippen molar-refractivity contribution in [3.63, 3.8) is 0 Å². The molecule has 0 atom stereocenters. The van der Waals surface area contributed by atoms with Crippen LogP contribution in [0.4, 0.5) is 17.3 Å². The second-order valence-corrected chi connectivity index (χ2v) is 4.13. The molecule has 0 saturated heterocycles. The molecule has 0 spiro atoms. The van der Waals surface area contributed by atoms with E-state index >= 15 is 0 Å². The molecule has 0 unspecified atom stereocenters. The van der Waals surface area contributed by atoms with Gasteiger partial charge in [0, 0.05) is 19.5 Å². The molecular weight excluding hydrogens is 278 g/mol. The van der Waals surface area contributed by atoms with Crippen molar-refractivity contribution in [2.24, 2.45) is 0 Å². The lowest BCUT2D eigenvalue weighted by molar-refractivity contribution is -0.383. The molecule has 21 heavy (non-hydrogen) atoms. The van der Waals surface area contributed by atoms with Gasteiger partial charge >= 0.3 is 5.69 Å². The van der Waals surface area contributed by atoms with Gasteiger partial charge in [-0.2, -0.15) is 4.98 Å². The van der Waals surface area contributed by atoms with Gasteiger partial charge in [0.25, 0.3) is 0 Å². The van der Waals surface area contributed by atoms with E-state index in [0.29, 0.717) is 25.3 Å². The number of nitrogens with zero attached hydrogens (tertiary/aromatic N) is 5. The predicted molar refractivity (Wildman–Crippen MR) is 74.0 cm³/mol. The van der Waals surface area contributed by atoms with Crippen molar-refractivity contribution in [2.75, 3.05) is 23.7 Å². The van der Waals surface area contributed by atoms with E-state index in [0.717, 1.165) is 6.42 Å². The van der Waals surface area contributed by atoms with Crippen molar-refractivity contribution in [3.8, 4) is 0 Å². The third-order valence-electron chi connectivity index (χ3n) is 2.60. The summed E-state index contributed by atoms with van der Waals surface area (Å²) >= 11 is 0. The molecular formula is C11H15N7O3. The van der Waals surface area contributed by atoms with E-state index in [1.165, 1.54) is 12.7 Å². The third kappa shape index (κ3) is 3.84. The zero-order chi connectivity index (χ0) is 15.1. The predicted octanol–water partition coefficient (Wildman–Crippen LogP) is 1.24. The normalized spacial score (nSPS) is 10.3. The fourth-order valence-corrected chi connectivity index (χ4v) is 1.65. The Morgan fingerprint density at radius 2 is 1.95 bits per heavy atom. The molecule has 10 nitrogen and oxygen atoms in total. The summed E-state index contributed by atoms with van der Waals surface area (Å²) in [5.41, 5.74) is -0.168. The third-order valence-corrected chi connectivity index (χ3v) is 2.60. The molecule has 112 valence electrons. The van der Waals surface area contributed by atoms with Crippen LogP contribution < -0.4 is 10.6 Å². The molecule has 2 rings (SSSR count). The first kappa shape index (κ1) is 14.6. The van der Waals surface area contributed by atoms with Gasteiger partial charge in [-0.3, -0.25) is 10.1 Å². The van der Waals surface area contributed by atoms with Gasteiger partial charge in [0.05, 0.1) is 4.92 Å². The number of nitrogens with one attached hydrogen (secondary N) is 2. The smallest absolute Gasteiger partial charge is 0.353 e. The van der Waals surface area contributed by atoms with Gasteiger partial charge < -0.3 is 15.2 Å². The van der Waals surface area contributed by atoms with Crippen molar-refractivity contribution in [3.05, 3.63) is 28.7 Å². The van der Waals surface area contributed by atoms with Crippen LogP contribution in [-0.2, 0) is 6.42 Å². The topological polar surface area (TPSA) is 132 Å². The summed E-state index contributed by atoms with van der Waals surface area (Å²) in [6.07, 6.45) is 3.81. The van der Waals surface area contributed by atoms with Crippen LogP contribution in [0.5, 0.6) is 0 Å². The monoisotopic (exact) mass is 293 g/mol. The van der Waals surface area contributed by atoms with Crippen LogP contribution >= 0.6 is 0 Å². The highest BCUT2D eigenvalue weighted by Crippen LogP contribution is 2.28. The molecule has 0 radical (unpaired) electrons. The molecule has 0 amide bonds. The van der Waals surface area contributed by atoms with Crippen LogP contribution in [0.25, 0.3) is 0 Å². The number of rotatable bonds is 8. The molecule has 0 fully saturated rings. The largest absolute Gasteiger partial charge is 0.364 e. The zero-order valence-electron chi connectivity index (χ0n) is 11.4. The summed E-state index contributed by atoms with van der Waals surface area (Å²) in [6, 6.07) is 0. The second kappa shape index (κ2) is 7.12. The highest BCUT2D eigenvalue weighted by atomic mass is 16.6. The molecule has 0 saturated carbocycles. The minimum Gasteiger partial charge on any atom is -0.364 e. The molecule has 0 aliphatic carbocycles. The Labute approximate surface area is 120 Å². The van der Waals surface area contributed by atoms with Crippen LogP contribution in [-0.4, -0.2) is 38.1 Å². The van der Waals surface area contributed by atoms with Crippen LogP contribution in [0.15, 0.2) is 17.2 Å². The van der Waals surface area contributed by atoms with Crippen LogP contribution in [0.3, 0.4) is 0 Å². The Kier molecular flexibility index (Phi) is 4.96. The molecule has 2 N–H and O–H groups in total. The molecule has 0 aromatic carbocycles. The Morgan fingerprint density at radius 1 is 1.24 bits per heavy atom. The van der Waals surface area contributed by atoms with Gasteiger partial charge in [0.1, 0.15) is 6.33 Å². The lowest BCUT2D eigenvalue weighted by Gasteiger charge is -2.08. The zero-order valence-corrected chi connectivity index (χ0v) is 11.4. The van der Waals surface area contributed by atoms with Gasteiger partial charge in [-0.05, 0) is 6.42 Å². The van der Waals surface area contributed by atoms with E-state index in [9.17, 15) is 10.1 Å². The first-order chi connectivity index (χ1) is 10.2. The molecule has 0 aliphatic heterocycles. The van der Waals surface area contributed by atoms with E-state index in [1.807, 2.05) is 6.92 Å². The van der Waals surface area contributed by atoms with Crippen LogP contribution in [0, 0.1) is 10.1 Å². The van der Waals surface area contributed by atoms with E-state index in [-0.39, 0.29) is 17.3 Å². The lowest BCUT2D eigenvalue weighted by atomic mass is 10.3. The van der Waals surface area contributed by atoms with Crippen molar-refractivity contribution < 1.29 is 9.45 Å². The quantitative estimate of drug-likeness (QED) is 0.544. The Morgan fingerprint density at radius 3 is 2.52 bits per heavy atom. The Hall–Kier alpha value is -2.78. The SMILES string of the molecule is CCCNc1ncnc(NCCc2ncon2)c1[N+](=O)[O-]. The van der Waals surface area contributed by atoms with Crippen molar-refractivity contribution in [1.29, 1.82) is 0 Å². The van der Waals surface area contributed by atoms with Gasteiger partial charge in [0.15, 0.2) is 5.82 Å². The number of hydrogen-bond acceptors (Lipinski definition) is 9. The van der Waals surface area contributed by atoms with Crippen LogP contribution in [0.1, 0.15) is 19.2 Å². The van der Waals surface area contributed by atoms with Crippen molar-refractivity contribution >= 4 is 17.3 Å². The Balaban J connectivity index is 2.08. The Bertz CT molecular complexity index is 588. The minimum atomic E-state index is -0.505. The maximum Gasteiger partial charge on any atom is 0.353 e. The molecule has 10 heteroatoms. The van der Waals surface area contributed by atoms with Gasteiger partial charge in [-0.15, -0.1) is 0 Å². The van der Waals surface area contributed by atoms with Crippen molar-refractivity contribution in [1.82, 2.24) is 20.1 Å². The summed E-state index contributed by atoms with van der Waals surface area (Å²) in [6.45, 7) is 2.95. The maximum atomic E-state index is 11.2. The number of hydrogen-bond donors (Lipinski definition) is 2. The number of nitro groups is 1. The molecule has 2 heterocycles. The summed E-state index contributed by atoms with van der Waals surface area (Å²) < 4.78 is 4.61. The number of anilines is 2. The fraction of sp³-hybridized carbons (Fsp3) is 0.455. The summed E-state index contributed by atoms with van der Waals surface area (Å²) in [4.78, 5) is 22.4. The van der Waals surface area contributed by atoms with Crippen LogP contribution in [0.2, 0.25) is 0 Å². The average Bonchev–Trinajstić information content (AvgIpc) is 2.98. The van der Waals surface area contributed by atoms with Crippen molar-refractivity contribution in [2.45, 2.75) is 19.8 Å².